The fourth-order valence-corrected chi connectivity index (χ4v) is 4.92. The summed E-state index contributed by atoms with van der Waals surface area (Å²) in [4.78, 5) is 14.5. The molecule has 1 aromatic heterocycles. The number of hydrogen-bond acceptors (Lipinski definition) is 5. The lowest BCUT2D eigenvalue weighted by Crippen LogP contribution is -2.31. The first-order valence-corrected chi connectivity index (χ1v) is 10.9. The topological polar surface area (TPSA) is 38.1 Å². The van der Waals surface area contributed by atoms with Crippen LogP contribution in [0.1, 0.15) is 18.1 Å². The number of para-hydroxylation sites is 1. The molecule has 4 nitrogen and oxygen atoms in total. The van der Waals surface area contributed by atoms with Crippen LogP contribution in [0.3, 0.4) is 0 Å². The van der Waals surface area contributed by atoms with Crippen LogP contribution < -0.4 is 0 Å². The molecule has 7 heteroatoms. The minimum Gasteiger partial charge on any atom is -0.338 e. The second kappa shape index (κ2) is 9.30. The van der Waals surface area contributed by atoms with Crippen molar-refractivity contribution in [2.24, 2.45) is 0 Å². The summed E-state index contributed by atoms with van der Waals surface area (Å²) in [5.41, 5.74) is 3.24. The van der Waals surface area contributed by atoms with Crippen LogP contribution in [0.25, 0.3) is 5.69 Å². The van der Waals surface area contributed by atoms with Gasteiger partial charge in [-0.15, -0.1) is 5.10 Å². The van der Waals surface area contributed by atoms with Gasteiger partial charge in [0.05, 0.1) is 11.4 Å². The molecule has 1 amide bonds. The van der Waals surface area contributed by atoms with Crippen LogP contribution in [-0.4, -0.2) is 32.9 Å². The van der Waals surface area contributed by atoms with Gasteiger partial charge in [0.25, 0.3) is 0 Å². The number of aromatic nitrogens is 2. The summed E-state index contributed by atoms with van der Waals surface area (Å²) in [6, 6.07) is 18.1. The van der Waals surface area contributed by atoms with Gasteiger partial charge in [-0.1, -0.05) is 71.6 Å². The van der Waals surface area contributed by atoms with Gasteiger partial charge in [0.15, 0.2) is 8.29 Å². The van der Waals surface area contributed by atoms with Gasteiger partial charge in [-0.3, -0.25) is 4.79 Å². The smallest absolute Gasteiger partial charge is 0.233 e. The van der Waals surface area contributed by atoms with Crippen molar-refractivity contribution in [1.82, 2.24) is 14.7 Å². The average Bonchev–Trinajstić information content (AvgIpc) is 3.06. The van der Waals surface area contributed by atoms with Crippen LogP contribution in [0.15, 0.2) is 58.9 Å². The Morgan fingerprint density at radius 2 is 1.89 bits per heavy atom. The predicted octanol–water partition coefficient (Wildman–Crippen LogP) is 5.11. The minimum atomic E-state index is 0.106. The molecule has 2 aromatic carbocycles. The van der Waals surface area contributed by atoms with E-state index in [2.05, 4.69) is 5.10 Å². The molecule has 140 valence electrons. The van der Waals surface area contributed by atoms with E-state index in [4.69, 9.17) is 12.2 Å². The van der Waals surface area contributed by atoms with Crippen molar-refractivity contribution in [3.8, 4) is 5.69 Å². The molecular weight excluding hydrogens is 394 g/mol. The normalized spacial score (nSPS) is 10.7. The van der Waals surface area contributed by atoms with Crippen molar-refractivity contribution >= 4 is 41.2 Å². The largest absolute Gasteiger partial charge is 0.338 e. The van der Waals surface area contributed by atoms with Crippen LogP contribution in [0, 0.1) is 10.9 Å². The molecule has 0 atom stereocenters. The molecule has 27 heavy (non-hydrogen) atoms. The molecule has 0 fully saturated rings. The van der Waals surface area contributed by atoms with E-state index < -0.39 is 0 Å². The number of carbonyl (C=O) groups is 1. The standard InChI is InChI=1S/C20H21N3OS3/c1-3-22(13-16-10-5-4-6-11-16)18(24)14-26-19-21-23(20(25)27-19)17-12-8-7-9-15(17)2/h4-12H,3,13-14H2,1-2H3. The summed E-state index contributed by atoms with van der Waals surface area (Å²) < 4.78 is 3.28. The molecule has 3 aromatic rings. The molecule has 1 heterocycles. The molecule has 0 radical (unpaired) electrons. The van der Waals surface area contributed by atoms with Gasteiger partial charge < -0.3 is 4.90 Å². The average molecular weight is 416 g/mol. The fourth-order valence-electron chi connectivity index (χ4n) is 2.67. The highest BCUT2D eigenvalue weighted by Crippen LogP contribution is 2.25. The Labute approximate surface area is 172 Å². The van der Waals surface area contributed by atoms with E-state index in [1.54, 1.807) is 4.68 Å². The molecule has 0 aliphatic carbocycles. The summed E-state index contributed by atoms with van der Waals surface area (Å²) in [6.07, 6.45) is 0. The molecular formula is C20H21N3OS3. The fraction of sp³-hybridized carbons (Fsp3) is 0.250. The van der Waals surface area contributed by atoms with Gasteiger partial charge in [-0.05, 0) is 43.3 Å². The third-order valence-electron chi connectivity index (χ3n) is 4.14. The first kappa shape index (κ1) is 19.8. The van der Waals surface area contributed by atoms with E-state index in [0.29, 0.717) is 22.8 Å². The zero-order chi connectivity index (χ0) is 19.2. The summed E-state index contributed by atoms with van der Waals surface area (Å²) in [6.45, 7) is 5.35. The van der Waals surface area contributed by atoms with E-state index in [0.717, 1.165) is 21.2 Å². The van der Waals surface area contributed by atoms with E-state index in [1.165, 1.54) is 23.1 Å². The van der Waals surface area contributed by atoms with Gasteiger partial charge >= 0.3 is 0 Å². The number of nitrogens with zero attached hydrogens (tertiary/aromatic N) is 3. The number of aryl methyl sites for hydroxylation is 1. The first-order chi connectivity index (χ1) is 13.1. The molecule has 0 aliphatic heterocycles. The van der Waals surface area contributed by atoms with Gasteiger partial charge in [-0.2, -0.15) is 0 Å². The molecule has 0 aliphatic rings. The van der Waals surface area contributed by atoms with Crippen LogP contribution in [0.4, 0.5) is 0 Å². The van der Waals surface area contributed by atoms with Crippen molar-refractivity contribution in [2.45, 2.75) is 24.7 Å². The third-order valence-corrected chi connectivity index (χ3v) is 6.49. The lowest BCUT2D eigenvalue weighted by atomic mass is 10.2. The quantitative estimate of drug-likeness (QED) is 0.397. The zero-order valence-electron chi connectivity index (χ0n) is 15.3. The van der Waals surface area contributed by atoms with Crippen LogP contribution in [-0.2, 0) is 11.3 Å². The van der Waals surface area contributed by atoms with Crippen LogP contribution >= 0.6 is 35.3 Å². The summed E-state index contributed by atoms with van der Waals surface area (Å²) in [7, 11) is 0. The van der Waals surface area contributed by atoms with Crippen LogP contribution in [0.2, 0.25) is 0 Å². The second-order valence-corrected chi connectivity index (χ2v) is 8.86. The summed E-state index contributed by atoms with van der Waals surface area (Å²) >= 11 is 8.35. The lowest BCUT2D eigenvalue weighted by molar-refractivity contribution is -0.128. The molecule has 0 unspecified atom stereocenters. The molecule has 0 bridgehead atoms. The third kappa shape index (κ3) is 5.06. The first-order valence-electron chi connectivity index (χ1n) is 8.69. The van der Waals surface area contributed by atoms with Crippen molar-refractivity contribution in [3.63, 3.8) is 0 Å². The number of benzene rings is 2. The second-order valence-electron chi connectivity index (χ2n) is 6.01. The Morgan fingerprint density at radius 1 is 1.19 bits per heavy atom. The Hall–Kier alpha value is -1.96. The Morgan fingerprint density at radius 3 is 2.59 bits per heavy atom. The van der Waals surface area contributed by atoms with Gasteiger partial charge in [0.2, 0.25) is 5.91 Å². The monoisotopic (exact) mass is 415 g/mol. The highest BCUT2D eigenvalue weighted by atomic mass is 32.2. The number of carbonyl (C=O) groups excluding carboxylic acids is 1. The van der Waals surface area contributed by atoms with Crippen molar-refractivity contribution in [1.29, 1.82) is 0 Å². The molecule has 0 N–H and O–H groups in total. The Bertz CT molecular complexity index is 966. The molecule has 0 saturated carbocycles. The summed E-state index contributed by atoms with van der Waals surface area (Å²) in [5.74, 6) is 0.464. The van der Waals surface area contributed by atoms with Crippen molar-refractivity contribution < 1.29 is 4.79 Å². The minimum absolute atomic E-state index is 0.106. The van der Waals surface area contributed by atoms with Crippen molar-refractivity contribution in [3.05, 3.63) is 69.7 Å². The van der Waals surface area contributed by atoms with Crippen molar-refractivity contribution in [2.75, 3.05) is 12.3 Å². The van der Waals surface area contributed by atoms with Gasteiger partial charge in [-0.25, -0.2) is 4.68 Å². The molecule has 0 saturated heterocycles. The molecule has 0 spiro atoms. The molecule has 3 rings (SSSR count). The van der Waals surface area contributed by atoms with Gasteiger partial charge in [0.1, 0.15) is 0 Å². The Balaban J connectivity index is 1.66. The highest BCUT2D eigenvalue weighted by molar-refractivity contribution is 8.01. The van der Waals surface area contributed by atoms with E-state index in [-0.39, 0.29) is 5.91 Å². The maximum Gasteiger partial charge on any atom is 0.233 e. The van der Waals surface area contributed by atoms with Crippen LogP contribution in [0.5, 0.6) is 0 Å². The number of rotatable bonds is 7. The van der Waals surface area contributed by atoms with E-state index in [9.17, 15) is 4.79 Å². The lowest BCUT2D eigenvalue weighted by Gasteiger charge is -2.20. The number of thioether (sulfide) groups is 1. The number of amides is 1. The van der Waals surface area contributed by atoms with Gasteiger partial charge in [0, 0.05) is 13.1 Å². The summed E-state index contributed by atoms with van der Waals surface area (Å²) in [5, 5.41) is 4.61. The van der Waals surface area contributed by atoms with E-state index in [1.807, 2.05) is 73.3 Å². The zero-order valence-corrected chi connectivity index (χ0v) is 17.7. The maximum absolute atomic E-state index is 12.6. The Kier molecular flexibility index (Phi) is 6.82. The highest BCUT2D eigenvalue weighted by Gasteiger charge is 2.15. The van der Waals surface area contributed by atoms with E-state index >= 15 is 0 Å². The number of hydrogen-bond donors (Lipinski definition) is 0. The SMILES string of the molecule is CCN(Cc1ccccc1)C(=O)CSc1nn(-c2ccccc2C)c(=S)s1. The maximum atomic E-state index is 12.6. The predicted molar refractivity (Wildman–Crippen MR) is 115 cm³/mol.